The molecule has 1 aromatic rings. The first-order valence-electron chi connectivity index (χ1n) is 7.63. The number of hydrogen-bond acceptors (Lipinski definition) is 7. The fraction of sp³-hybridized carbons (Fsp3) is 0.333. The van der Waals surface area contributed by atoms with E-state index in [1.807, 2.05) is 0 Å². The van der Waals surface area contributed by atoms with Gasteiger partial charge >= 0.3 is 0 Å². The number of carbonyl (C=O) groups is 1. The summed E-state index contributed by atoms with van der Waals surface area (Å²) in [7, 11) is -3.60. The molecule has 2 atom stereocenters. The molecule has 0 radical (unpaired) electrons. The third kappa shape index (κ3) is 3.73. The highest BCUT2D eigenvalue weighted by Gasteiger charge is 2.36. The standard InChI is InChI=1S/C15H16FN5O3S/c1-2-5-25(23,24)21-11-7-9(6-10(16)8-11)14(22)12-13-15(20-19-12)18-4-3-17-13/h3-4,6-8,13,15,20-21H,2,5H2,1H3. The predicted molar refractivity (Wildman–Crippen MR) is 93.6 cm³/mol. The summed E-state index contributed by atoms with van der Waals surface area (Å²) < 4.78 is 39.8. The number of aliphatic imine (C=N–C) groups is 2. The van der Waals surface area contributed by atoms with E-state index in [0.29, 0.717) is 6.42 Å². The van der Waals surface area contributed by atoms with Crippen molar-refractivity contribution in [1.29, 1.82) is 0 Å². The van der Waals surface area contributed by atoms with Crippen molar-refractivity contribution in [3.63, 3.8) is 0 Å². The summed E-state index contributed by atoms with van der Waals surface area (Å²) in [4.78, 5) is 20.9. The second kappa shape index (κ2) is 6.71. The van der Waals surface area contributed by atoms with Gasteiger partial charge in [-0.15, -0.1) is 0 Å². The van der Waals surface area contributed by atoms with Crippen molar-refractivity contribution in [2.24, 2.45) is 15.1 Å². The van der Waals surface area contributed by atoms with Crippen LogP contribution in [0.1, 0.15) is 23.7 Å². The Balaban J connectivity index is 1.86. The van der Waals surface area contributed by atoms with Crippen molar-refractivity contribution in [3.05, 3.63) is 29.6 Å². The maximum Gasteiger partial charge on any atom is 0.232 e. The predicted octanol–water partition coefficient (Wildman–Crippen LogP) is 0.969. The Labute approximate surface area is 144 Å². The number of ketones is 1. The summed E-state index contributed by atoms with van der Waals surface area (Å²) in [6.45, 7) is 1.72. The third-order valence-corrected chi connectivity index (χ3v) is 5.09. The van der Waals surface area contributed by atoms with Crippen LogP contribution in [0.25, 0.3) is 0 Å². The van der Waals surface area contributed by atoms with Crippen molar-refractivity contribution < 1.29 is 17.6 Å². The first-order chi connectivity index (χ1) is 11.9. The van der Waals surface area contributed by atoms with Crippen LogP contribution in [0.3, 0.4) is 0 Å². The Bertz CT molecular complexity index is 894. The molecule has 2 unspecified atom stereocenters. The number of benzene rings is 1. The minimum atomic E-state index is -3.60. The first kappa shape index (κ1) is 17.2. The van der Waals surface area contributed by atoms with Gasteiger partial charge in [0.1, 0.15) is 17.6 Å². The highest BCUT2D eigenvalue weighted by atomic mass is 32.2. The number of rotatable bonds is 6. The highest BCUT2D eigenvalue weighted by molar-refractivity contribution is 7.92. The molecular weight excluding hydrogens is 349 g/mol. The molecule has 2 N–H and O–H groups in total. The van der Waals surface area contributed by atoms with Crippen LogP contribution in [-0.4, -0.2) is 50.3 Å². The van der Waals surface area contributed by atoms with E-state index in [-0.39, 0.29) is 22.7 Å². The molecule has 0 aromatic heterocycles. The van der Waals surface area contributed by atoms with Gasteiger partial charge in [0.25, 0.3) is 0 Å². The zero-order valence-corrected chi connectivity index (χ0v) is 14.1. The smallest absolute Gasteiger partial charge is 0.232 e. The molecule has 0 fully saturated rings. The molecule has 0 bridgehead atoms. The number of hydrogen-bond donors (Lipinski definition) is 2. The van der Waals surface area contributed by atoms with Crippen LogP contribution >= 0.6 is 0 Å². The van der Waals surface area contributed by atoms with Crippen LogP contribution in [0.4, 0.5) is 10.1 Å². The van der Waals surface area contributed by atoms with E-state index in [0.717, 1.165) is 12.1 Å². The minimum Gasteiger partial charge on any atom is -0.287 e. The van der Waals surface area contributed by atoms with Crippen molar-refractivity contribution >= 4 is 39.6 Å². The van der Waals surface area contributed by atoms with E-state index in [9.17, 15) is 17.6 Å². The molecule has 1 aromatic carbocycles. The van der Waals surface area contributed by atoms with Gasteiger partial charge in [-0.25, -0.2) is 12.8 Å². The number of nitrogens with one attached hydrogen (secondary N) is 2. The number of hydrazone groups is 1. The Hall–Kier alpha value is -2.62. The van der Waals surface area contributed by atoms with E-state index >= 15 is 0 Å². The van der Waals surface area contributed by atoms with Crippen LogP contribution in [0.5, 0.6) is 0 Å². The molecule has 0 saturated carbocycles. The van der Waals surface area contributed by atoms with E-state index < -0.39 is 33.8 Å². The molecule has 0 saturated heterocycles. The van der Waals surface area contributed by atoms with Crippen LogP contribution in [-0.2, 0) is 10.0 Å². The maximum absolute atomic E-state index is 13.9. The molecule has 0 amide bonds. The summed E-state index contributed by atoms with van der Waals surface area (Å²) in [5.74, 6) is -1.36. The molecule has 10 heteroatoms. The Morgan fingerprint density at radius 1 is 1.28 bits per heavy atom. The lowest BCUT2D eigenvalue weighted by Crippen LogP contribution is -2.36. The average Bonchev–Trinajstić information content (AvgIpc) is 2.97. The largest absolute Gasteiger partial charge is 0.287 e. The second-order valence-electron chi connectivity index (χ2n) is 5.59. The van der Waals surface area contributed by atoms with Gasteiger partial charge in [-0.05, 0) is 24.6 Å². The quantitative estimate of drug-likeness (QED) is 0.731. The van der Waals surface area contributed by atoms with Crippen molar-refractivity contribution in [3.8, 4) is 0 Å². The molecule has 25 heavy (non-hydrogen) atoms. The molecule has 0 spiro atoms. The number of fused-ring (bicyclic) bond motifs is 1. The lowest BCUT2D eigenvalue weighted by Gasteiger charge is -2.15. The molecule has 132 valence electrons. The number of Topliss-reactive ketones (excluding diaryl/α,β-unsaturated/α-hetero) is 1. The van der Waals surface area contributed by atoms with Gasteiger partial charge in [0.05, 0.1) is 11.4 Å². The molecule has 2 heterocycles. The second-order valence-corrected chi connectivity index (χ2v) is 7.43. The fourth-order valence-corrected chi connectivity index (χ4v) is 3.68. The lowest BCUT2D eigenvalue weighted by molar-refractivity contribution is 0.106. The van der Waals surface area contributed by atoms with E-state index in [2.05, 4.69) is 25.2 Å². The van der Waals surface area contributed by atoms with Gasteiger partial charge in [0, 0.05) is 18.0 Å². The fourth-order valence-electron chi connectivity index (χ4n) is 2.56. The van der Waals surface area contributed by atoms with Crippen molar-refractivity contribution in [1.82, 2.24) is 5.43 Å². The zero-order valence-electron chi connectivity index (χ0n) is 13.3. The van der Waals surface area contributed by atoms with E-state index in [1.165, 1.54) is 18.5 Å². The van der Waals surface area contributed by atoms with Crippen molar-refractivity contribution in [2.45, 2.75) is 25.6 Å². The number of anilines is 1. The van der Waals surface area contributed by atoms with E-state index in [4.69, 9.17) is 0 Å². The molecule has 0 aliphatic carbocycles. The summed E-state index contributed by atoms with van der Waals surface area (Å²) >= 11 is 0. The van der Waals surface area contributed by atoms with Crippen LogP contribution < -0.4 is 10.1 Å². The van der Waals surface area contributed by atoms with Crippen molar-refractivity contribution in [2.75, 3.05) is 10.5 Å². The number of halogens is 1. The highest BCUT2D eigenvalue weighted by Crippen LogP contribution is 2.20. The van der Waals surface area contributed by atoms with Gasteiger partial charge in [0.15, 0.2) is 6.17 Å². The van der Waals surface area contributed by atoms with Crippen LogP contribution in [0, 0.1) is 5.82 Å². The topological polar surface area (TPSA) is 112 Å². The molecule has 8 nitrogen and oxygen atoms in total. The average molecular weight is 365 g/mol. The Morgan fingerprint density at radius 2 is 2.04 bits per heavy atom. The molecule has 3 rings (SSSR count). The Morgan fingerprint density at radius 3 is 2.80 bits per heavy atom. The van der Waals surface area contributed by atoms with Crippen LogP contribution in [0.2, 0.25) is 0 Å². The van der Waals surface area contributed by atoms with Gasteiger partial charge < -0.3 is 0 Å². The van der Waals surface area contributed by atoms with Gasteiger partial charge in [-0.1, -0.05) is 6.92 Å². The normalized spacial score (nSPS) is 21.4. The SMILES string of the molecule is CCCS(=O)(=O)Nc1cc(F)cc(C(=O)C2=NNC3N=CC=NC23)c1. The van der Waals surface area contributed by atoms with E-state index in [1.54, 1.807) is 6.92 Å². The maximum atomic E-state index is 13.9. The van der Waals surface area contributed by atoms with Crippen LogP contribution in [0.15, 0.2) is 33.3 Å². The minimum absolute atomic E-state index is 0.00919. The van der Waals surface area contributed by atoms with Gasteiger partial charge in [0.2, 0.25) is 15.8 Å². The summed E-state index contributed by atoms with van der Waals surface area (Å²) in [6.07, 6.45) is 2.92. The first-order valence-corrected chi connectivity index (χ1v) is 9.28. The Kier molecular flexibility index (Phi) is 4.62. The zero-order chi connectivity index (χ0) is 18.0. The number of sulfonamides is 1. The monoisotopic (exact) mass is 365 g/mol. The number of carbonyl (C=O) groups excluding carboxylic acids is 1. The van der Waals surface area contributed by atoms with Gasteiger partial charge in [-0.3, -0.25) is 24.9 Å². The lowest BCUT2D eigenvalue weighted by atomic mass is 10.00. The summed E-state index contributed by atoms with van der Waals surface area (Å²) in [5.41, 5.74) is 2.77. The molecular formula is C15H16FN5O3S. The summed E-state index contributed by atoms with van der Waals surface area (Å²) in [5, 5.41) is 3.95. The number of nitrogens with zero attached hydrogens (tertiary/aromatic N) is 3. The molecule has 2 aliphatic heterocycles. The third-order valence-electron chi connectivity index (χ3n) is 3.60. The van der Waals surface area contributed by atoms with Gasteiger partial charge in [-0.2, -0.15) is 5.10 Å². The molecule has 2 aliphatic rings. The summed E-state index contributed by atoms with van der Waals surface area (Å²) in [6, 6.07) is 2.75.